The van der Waals surface area contributed by atoms with Crippen LogP contribution in [0.15, 0.2) is 12.1 Å². The Labute approximate surface area is 107 Å². The van der Waals surface area contributed by atoms with Crippen LogP contribution in [0.25, 0.3) is 0 Å². The van der Waals surface area contributed by atoms with Crippen molar-refractivity contribution in [1.82, 2.24) is 10.3 Å². The van der Waals surface area contributed by atoms with Gasteiger partial charge in [0.1, 0.15) is 0 Å². The summed E-state index contributed by atoms with van der Waals surface area (Å²) in [5.74, 6) is 4.58. The van der Waals surface area contributed by atoms with E-state index in [4.69, 9.17) is 10.9 Å². The number of carbonyl (C=O) groups is 1. The Balaban J connectivity index is 2.63. The van der Waals surface area contributed by atoms with E-state index in [1.807, 2.05) is 5.43 Å². The van der Waals surface area contributed by atoms with Crippen LogP contribution in [0.3, 0.4) is 0 Å². The van der Waals surface area contributed by atoms with Gasteiger partial charge in [0.15, 0.2) is 0 Å². The molecule has 1 heterocycles. The molecule has 0 aliphatic carbocycles. The van der Waals surface area contributed by atoms with Crippen LogP contribution in [0.4, 0.5) is 8.78 Å². The number of nitrogens with zero attached hydrogens (tertiary/aromatic N) is 1. The molecule has 0 radical (unpaired) electrons. The molecule has 0 saturated carbocycles. The molecule has 0 saturated heterocycles. The van der Waals surface area contributed by atoms with Crippen molar-refractivity contribution in [1.29, 1.82) is 0 Å². The highest BCUT2D eigenvalue weighted by Crippen LogP contribution is 2.18. The molecular formula is C10H15F2N3O2S. The molecular weight excluding hydrogens is 264 g/mol. The number of nitrogen functional groups attached to an aromatic ring is 1. The van der Waals surface area contributed by atoms with Crippen molar-refractivity contribution in [3.8, 4) is 0 Å². The molecule has 1 aromatic heterocycles. The number of nitrogens with one attached hydrogen (secondary N) is 1. The predicted molar refractivity (Wildman–Crippen MR) is 64.3 cm³/mol. The summed E-state index contributed by atoms with van der Waals surface area (Å²) in [6.45, 7) is -0.154. The third-order valence-electron chi connectivity index (χ3n) is 2.21. The molecule has 5 nitrogen and oxygen atoms in total. The van der Waals surface area contributed by atoms with Gasteiger partial charge in [0.25, 0.3) is 12.3 Å². The fourth-order valence-corrected chi connectivity index (χ4v) is 2.40. The van der Waals surface area contributed by atoms with Gasteiger partial charge in [-0.3, -0.25) is 15.1 Å². The van der Waals surface area contributed by atoms with Crippen LogP contribution in [0.1, 0.15) is 14.5 Å². The van der Waals surface area contributed by atoms with Gasteiger partial charge in [-0.05, 0) is 12.1 Å². The van der Waals surface area contributed by atoms with Crippen molar-refractivity contribution in [2.24, 2.45) is 5.84 Å². The lowest BCUT2D eigenvalue weighted by atomic mass is 10.3. The number of rotatable bonds is 7. The van der Waals surface area contributed by atoms with Crippen LogP contribution in [-0.2, 0) is 6.54 Å². The average molecular weight is 279 g/mol. The van der Waals surface area contributed by atoms with Crippen molar-refractivity contribution in [2.75, 3.05) is 19.7 Å². The lowest BCUT2D eigenvalue weighted by Gasteiger charge is -2.19. The standard InChI is InChI=1S/C10H15F2N3O2S/c11-9(12)6-15(3-4-16)5-7-1-2-8(18-7)10(17)14-13/h1-2,9,16H,3-6,13H2,(H,14,17). The van der Waals surface area contributed by atoms with Gasteiger partial charge in [-0.2, -0.15) is 0 Å². The number of nitrogens with two attached hydrogens (primary N) is 1. The lowest BCUT2D eigenvalue weighted by Crippen LogP contribution is -2.31. The molecule has 0 spiro atoms. The van der Waals surface area contributed by atoms with Gasteiger partial charge in [0, 0.05) is 18.0 Å². The number of aliphatic hydroxyl groups excluding tert-OH is 1. The van der Waals surface area contributed by atoms with Gasteiger partial charge < -0.3 is 5.11 Å². The summed E-state index contributed by atoms with van der Waals surface area (Å²) in [4.78, 5) is 13.8. The number of halogens is 2. The van der Waals surface area contributed by atoms with Crippen LogP contribution in [0.5, 0.6) is 0 Å². The summed E-state index contributed by atoms with van der Waals surface area (Å²) in [5, 5.41) is 8.80. The van der Waals surface area contributed by atoms with Gasteiger partial charge in [0.2, 0.25) is 0 Å². The van der Waals surface area contributed by atoms with E-state index in [0.29, 0.717) is 4.88 Å². The quantitative estimate of drug-likeness (QED) is 0.384. The first-order chi connectivity index (χ1) is 8.56. The SMILES string of the molecule is NNC(=O)c1ccc(CN(CCO)CC(F)F)s1. The highest BCUT2D eigenvalue weighted by molar-refractivity contribution is 7.14. The summed E-state index contributed by atoms with van der Waals surface area (Å²) >= 11 is 1.19. The number of carbonyl (C=O) groups excluding carboxylic acids is 1. The largest absolute Gasteiger partial charge is 0.395 e. The minimum atomic E-state index is -2.46. The van der Waals surface area contributed by atoms with Gasteiger partial charge in [0.05, 0.1) is 18.0 Å². The molecule has 102 valence electrons. The van der Waals surface area contributed by atoms with Gasteiger partial charge >= 0.3 is 0 Å². The van der Waals surface area contributed by atoms with E-state index < -0.39 is 18.9 Å². The Kier molecular flexibility index (Phi) is 6.13. The first kappa shape index (κ1) is 15.0. The molecule has 4 N–H and O–H groups in total. The zero-order chi connectivity index (χ0) is 13.5. The smallest absolute Gasteiger partial charge is 0.275 e. The summed E-state index contributed by atoms with van der Waals surface area (Å²) < 4.78 is 24.6. The average Bonchev–Trinajstić information content (AvgIpc) is 2.76. The summed E-state index contributed by atoms with van der Waals surface area (Å²) in [5.41, 5.74) is 2.00. The number of thiophene rings is 1. The van der Waals surface area contributed by atoms with Crippen molar-refractivity contribution in [2.45, 2.75) is 13.0 Å². The number of hydrazine groups is 1. The Morgan fingerprint density at radius 3 is 2.83 bits per heavy atom. The van der Waals surface area contributed by atoms with Crippen LogP contribution >= 0.6 is 11.3 Å². The summed E-state index contributed by atoms with van der Waals surface area (Å²) in [6.07, 6.45) is -2.46. The molecule has 1 aromatic rings. The molecule has 0 unspecified atom stereocenters. The fraction of sp³-hybridized carbons (Fsp3) is 0.500. The number of hydrogen-bond donors (Lipinski definition) is 3. The second-order valence-corrected chi connectivity index (χ2v) is 4.76. The zero-order valence-electron chi connectivity index (χ0n) is 9.60. The van der Waals surface area contributed by atoms with Gasteiger partial charge in [-0.25, -0.2) is 14.6 Å². The molecule has 0 aromatic carbocycles. The molecule has 18 heavy (non-hydrogen) atoms. The molecule has 0 aliphatic heterocycles. The monoisotopic (exact) mass is 279 g/mol. The highest BCUT2D eigenvalue weighted by atomic mass is 32.1. The third-order valence-corrected chi connectivity index (χ3v) is 3.28. The summed E-state index contributed by atoms with van der Waals surface area (Å²) in [6, 6.07) is 3.27. The van der Waals surface area contributed by atoms with E-state index in [1.54, 1.807) is 12.1 Å². The van der Waals surface area contributed by atoms with E-state index in [2.05, 4.69) is 0 Å². The van der Waals surface area contributed by atoms with Crippen LogP contribution < -0.4 is 11.3 Å². The van der Waals surface area contributed by atoms with E-state index >= 15 is 0 Å². The van der Waals surface area contributed by atoms with Crippen LogP contribution in [0, 0.1) is 0 Å². The maximum absolute atomic E-state index is 12.3. The van der Waals surface area contributed by atoms with E-state index in [-0.39, 0.29) is 19.7 Å². The Morgan fingerprint density at radius 1 is 1.56 bits per heavy atom. The Bertz CT molecular complexity index is 387. The number of aliphatic hydroxyl groups is 1. The van der Waals surface area contributed by atoms with Crippen molar-refractivity contribution in [3.05, 3.63) is 21.9 Å². The van der Waals surface area contributed by atoms with Crippen molar-refractivity contribution in [3.63, 3.8) is 0 Å². The van der Waals surface area contributed by atoms with Crippen LogP contribution in [-0.4, -0.2) is 42.0 Å². The van der Waals surface area contributed by atoms with Crippen LogP contribution in [0.2, 0.25) is 0 Å². The molecule has 0 aliphatic rings. The maximum atomic E-state index is 12.3. The second-order valence-electron chi connectivity index (χ2n) is 3.59. The number of alkyl halides is 2. The topological polar surface area (TPSA) is 78.6 Å². The Morgan fingerprint density at radius 2 is 2.28 bits per heavy atom. The Hall–Kier alpha value is -1.09. The third kappa shape index (κ3) is 4.65. The highest BCUT2D eigenvalue weighted by Gasteiger charge is 2.14. The minimum Gasteiger partial charge on any atom is -0.395 e. The van der Waals surface area contributed by atoms with Gasteiger partial charge in [-0.1, -0.05) is 0 Å². The first-order valence-corrected chi connectivity index (χ1v) is 6.09. The van der Waals surface area contributed by atoms with Crippen molar-refractivity contribution >= 4 is 17.2 Å². The number of hydrogen-bond acceptors (Lipinski definition) is 5. The predicted octanol–water partition coefficient (Wildman–Crippen LogP) is 0.411. The van der Waals surface area contributed by atoms with E-state index in [9.17, 15) is 13.6 Å². The lowest BCUT2D eigenvalue weighted by molar-refractivity contribution is 0.0751. The fourth-order valence-electron chi connectivity index (χ4n) is 1.45. The van der Waals surface area contributed by atoms with E-state index in [0.717, 1.165) is 4.88 Å². The number of amides is 1. The zero-order valence-corrected chi connectivity index (χ0v) is 10.4. The normalized spacial score (nSPS) is 11.2. The molecule has 0 fully saturated rings. The van der Waals surface area contributed by atoms with Gasteiger partial charge in [-0.15, -0.1) is 11.3 Å². The second kappa shape index (κ2) is 7.37. The molecule has 1 rings (SSSR count). The summed E-state index contributed by atoms with van der Waals surface area (Å²) in [7, 11) is 0. The maximum Gasteiger partial charge on any atom is 0.275 e. The minimum absolute atomic E-state index is 0.167. The molecule has 1 amide bonds. The molecule has 0 atom stereocenters. The molecule has 0 bridgehead atoms. The molecule has 8 heteroatoms. The van der Waals surface area contributed by atoms with Crippen molar-refractivity contribution < 1.29 is 18.7 Å². The van der Waals surface area contributed by atoms with E-state index in [1.165, 1.54) is 16.2 Å². The first-order valence-electron chi connectivity index (χ1n) is 5.27.